The molecular weight excluding hydrogens is 252 g/mol. The molecular formula is C14H15ClOS. The van der Waals surface area contributed by atoms with Crippen molar-refractivity contribution in [2.24, 2.45) is 0 Å². The number of thiophene rings is 1. The van der Waals surface area contributed by atoms with Crippen LogP contribution >= 0.6 is 22.9 Å². The van der Waals surface area contributed by atoms with E-state index in [1.54, 1.807) is 11.3 Å². The lowest BCUT2D eigenvalue weighted by Crippen LogP contribution is -2.22. The van der Waals surface area contributed by atoms with E-state index in [1.165, 1.54) is 4.88 Å². The van der Waals surface area contributed by atoms with Gasteiger partial charge in [-0.15, -0.1) is 11.3 Å². The number of rotatable bonds is 4. The number of hydrogen-bond acceptors (Lipinski definition) is 2. The third-order valence-electron chi connectivity index (χ3n) is 2.89. The summed E-state index contributed by atoms with van der Waals surface area (Å²) >= 11 is 7.83. The predicted molar refractivity (Wildman–Crippen MR) is 73.7 cm³/mol. The van der Waals surface area contributed by atoms with Gasteiger partial charge in [0.1, 0.15) is 0 Å². The van der Waals surface area contributed by atoms with Crippen LogP contribution in [0.3, 0.4) is 0 Å². The lowest BCUT2D eigenvalue weighted by Gasteiger charge is -2.24. The van der Waals surface area contributed by atoms with Crippen molar-refractivity contribution < 1.29 is 5.11 Å². The van der Waals surface area contributed by atoms with Crippen LogP contribution in [0.5, 0.6) is 0 Å². The van der Waals surface area contributed by atoms with Gasteiger partial charge in [0.15, 0.2) is 0 Å². The maximum Gasteiger partial charge on any atom is 0.0886 e. The molecule has 1 atom stereocenters. The van der Waals surface area contributed by atoms with Crippen LogP contribution < -0.4 is 0 Å². The van der Waals surface area contributed by atoms with E-state index in [9.17, 15) is 5.11 Å². The van der Waals surface area contributed by atoms with Gasteiger partial charge in [0.2, 0.25) is 0 Å². The second kappa shape index (κ2) is 5.21. The molecule has 1 aromatic heterocycles. The van der Waals surface area contributed by atoms with Crippen LogP contribution in [0.25, 0.3) is 0 Å². The molecule has 0 bridgehead atoms. The summed E-state index contributed by atoms with van der Waals surface area (Å²) < 4.78 is 0. The summed E-state index contributed by atoms with van der Waals surface area (Å²) in [5.41, 5.74) is -0.0688. The third kappa shape index (κ3) is 3.09. The van der Waals surface area contributed by atoms with Crippen molar-refractivity contribution >= 4 is 22.9 Å². The molecule has 0 saturated carbocycles. The van der Waals surface area contributed by atoms with Crippen molar-refractivity contribution in [3.63, 3.8) is 0 Å². The monoisotopic (exact) mass is 266 g/mol. The van der Waals surface area contributed by atoms with Crippen LogP contribution in [0, 0.1) is 0 Å². The molecule has 1 N–H and O–H groups in total. The SMILES string of the molecule is CC(O)(CCc1cccs1)c1ccccc1Cl. The zero-order valence-electron chi connectivity index (χ0n) is 9.69. The van der Waals surface area contributed by atoms with Crippen LogP contribution in [0.15, 0.2) is 41.8 Å². The van der Waals surface area contributed by atoms with Crippen LogP contribution in [0.1, 0.15) is 23.8 Å². The molecule has 1 unspecified atom stereocenters. The van der Waals surface area contributed by atoms with Gasteiger partial charge in [-0.1, -0.05) is 35.9 Å². The summed E-state index contributed by atoms with van der Waals surface area (Å²) in [5, 5.41) is 13.2. The Morgan fingerprint density at radius 3 is 2.65 bits per heavy atom. The maximum absolute atomic E-state index is 10.5. The van der Waals surface area contributed by atoms with Gasteiger partial charge in [-0.2, -0.15) is 0 Å². The molecule has 1 heterocycles. The molecule has 3 heteroatoms. The minimum absolute atomic E-state index is 0.628. The lowest BCUT2D eigenvalue weighted by atomic mass is 9.91. The fraction of sp³-hybridized carbons (Fsp3) is 0.286. The second-order valence-corrected chi connectivity index (χ2v) is 5.77. The summed E-state index contributed by atoms with van der Waals surface area (Å²) in [6, 6.07) is 11.6. The quantitative estimate of drug-likeness (QED) is 0.878. The summed E-state index contributed by atoms with van der Waals surface area (Å²) in [6.07, 6.45) is 1.55. The van der Waals surface area contributed by atoms with Gasteiger partial charge in [0.25, 0.3) is 0 Å². The summed E-state index contributed by atoms with van der Waals surface area (Å²) in [7, 11) is 0. The van der Waals surface area contributed by atoms with E-state index in [0.29, 0.717) is 11.4 Å². The van der Waals surface area contributed by atoms with Crippen molar-refractivity contribution in [3.05, 3.63) is 57.2 Å². The van der Waals surface area contributed by atoms with Crippen LogP contribution in [0.2, 0.25) is 5.02 Å². The smallest absolute Gasteiger partial charge is 0.0886 e. The van der Waals surface area contributed by atoms with Gasteiger partial charge in [0, 0.05) is 15.5 Å². The Morgan fingerprint density at radius 2 is 2.00 bits per heavy atom. The molecule has 0 saturated heterocycles. The van der Waals surface area contributed by atoms with Crippen molar-refractivity contribution in [1.29, 1.82) is 0 Å². The van der Waals surface area contributed by atoms with Crippen molar-refractivity contribution in [3.8, 4) is 0 Å². The Kier molecular flexibility index (Phi) is 3.87. The Bertz CT molecular complexity index is 477. The lowest BCUT2D eigenvalue weighted by molar-refractivity contribution is 0.0484. The van der Waals surface area contributed by atoms with E-state index in [0.717, 1.165) is 12.0 Å². The van der Waals surface area contributed by atoms with E-state index in [2.05, 4.69) is 11.4 Å². The Balaban J connectivity index is 2.11. The minimum Gasteiger partial charge on any atom is -0.385 e. The standard InChI is InChI=1S/C14H15ClOS/c1-14(16,9-8-11-5-4-10-17-11)12-6-2-3-7-13(12)15/h2-7,10,16H,8-9H2,1H3. The molecule has 1 nitrogen and oxygen atoms in total. The molecule has 0 spiro atoms. The molecule has 0 aliphatic rings. The first-order valence-corrected chi connectivity index (χ1v) is 6.85. The first-order valence-electron chi connectivity index (χ1n) is 5.59. The van der Waals surface area contributed by atoms with E-state index in [1.807, 2.05) is 37.3 Å². The van der Waals surface area contributed by atoms with Crippen LogP contribution in [0.4, 0.5) is 0 Å². The Hall–Kier alpha value is -0.830. The molecule has 2 rings (SSSR count). The highest BCUT2D eigenvalue weighted by molar-refractivity contribution is 7.09. The second-order valence-electron chi connectivity index (χ2n) is 4.33. The van der Waals surface area contributed by atoms with E-state index in [-0.39, 0.29) is 0 Å². The number of halogens is 1. The molecule has 17 heavy (non-hydrogen) atoms. The molecule has 0 aliphatic heterocycles. The summed E-state index contributed by atoms with van der Waals surface area (Å²) in [4.78, 5) is 1.29. The topological polar surface area (TPSA) is 20.2 Å². The zero-order valence-corrected chi connectivity index (χ0v) is 11.3. The minimum atomic E-state index is -0.873. The maximum atomic E-state index is 10.5. The summed E-state index contributed by atoms with van der Waals surface area (Å²) in [6.45, 7) is 1.82. The van der Waals surface area contributed by atoms with Crippen LogP contribution in [-0.4, -0.2) is 5.11 Å². The van der Waals surface area contributed by atoms with Gasteiger partial charge in [-0.25, -0.2) is 0 Å². The fourth-order valence-corrected chi connectivity index (χ4v) is 2.90. The van der Waals surface area contributed by atoms with Gasteiger partial charge in [0.05, 0.1) is 5.60 Å². The van der Waals surface area contributed by atoms with Crippen LogP contribution in [-0.2, 0) is 12.0 Å². The zero-order chi connectivity index (χ0) is 12.3. The van der Waals surface area contributed by atoms with Gasteiger partial charge >= 0.3 is 0 Å². The molecule has 0 amide bonds. The highest BCUT2D eigenvalue weighted by Gasteiger charge is 2.25. The number of benzene rings is 1. The van der Waals surface area contributed by atoms with Crippen molar-refractivity contribution in [2.75, 3.05) is 0 Å². The van der Waals surface area contributed by atoms with E-state index >= 15 is 0 Å². The van der Waals surface area contributed by atoms with Gasteiger partial charge < -0.3 is 5.11 Å². The first kappa shape index (κ1) is 12.6. The van der Waals surface area contributed by atoms with Crippen molar-refractivity contribution in [2.45, 2.75) is 25.4 Å². The van der Waals surface area contributed by atoms with Gasteiger partial charge in [-0.05, 0) is 37.3 Å². The summed E-state index contributed by atoms with van der Waals surface area (Å²) in [5.74, 6) is 0. The normalized spacial score (nSPS) is 14.5. The average molecular weight is 267 g/mol. The van der Waals surface area contributed by atoms with E-state index in [4.69, 9.17) is 11.6 Å². The fourth-order valence-electron chi connectivity index (χ4n) is 1.85. The molecule has 90 valence electrons. The number of hydrogen-bond donors (Lipinski definition) is 1. The molecule has 0 fully saturated rings. The first-order chi connectivity index (χ1) is 8.09. The predicted octanol–water partition coefficient (Wildman–Crippen LogP) is 4.24. The highest BCUT2D eigenvalue weighted by atomic mass is 35.5. The Labute approximate surface area is 111 Å². The molecule has 1 aromatic carbocycles. The third-order valence-corrected chi connectivity index (χ3v) is 4.16. The average Bonchev–Trinajstić information content (AvgIpc) is 2.80. The molecule has 2 aromatic rings. The number of aryl methyl sites for hydroxylation is 1. The number of aliphatic hydroxyl groups is 1. The van der Waals surface area contributed by atoms with E-state index < -0.39 is 5.60 Å². The van der Waals surface area contributed by atoms with Crippen molar-refractivity contribution in [1.82, 2.24) is 0 Å². The van der Waals surface area contributed by atoms with Gasteiger partial charge in [-0.3, -0.25) is 0 Å². The largest absolute Gasteiger partial charge is 0.385 e. The molecule has 0 radical (unpaired) electrons. The Morgan fingerprint density at radius 1 is 1.24 bits per heavy atom. The molecule has 0 aliphatic carbocycles. The highest BCUT2D eigenvalue weighted by Crippen LogP contribution is 2.32.